The molecule has 0 heterocycles. The van der Waals surface area contributed by atoms with E-state index in [1.807, 2.05) is 0 Å². The van der Waals surface area contributed by atoms with E-state index in [1.54, 1.807) is 6.92 Å². The lowest BCUT2D eigenvalue weighted by atomic mass is 9.78. The van der Waals surface area contributed by atoms with Gasteiger partial charge in [-0.15, -0.1) is 0 Å². The molecule has 2 aliphatic carbocycles. The summed E-state index contributed by atoms with van der Waals surface area (Å²) in [5.41, 5.74) is 0. The quantitative estimate of drug-likeness (QED) is 0.526. The fraction of sp³-hybridized carbons (Fsp3) is 0.789. The van der Waals surface area contributed by atoms with Gasteiger partial charge in [-0.2, -0.15) is 0 Å². The summed E-state index contributed by atoms with van der Waals surface area (Å²) in [7, 11) is 0. The maximum absolute atomic E-state index is 12.4. The van der Waals surface area contributed by atoms with E-state index < -0.39 is 35.6 Å². The van der Waals surface area contributed by atoms with E-state index >= 15 is 0 Å². The lowest BCUT2D eigenvalue weighted by Crippen LogP contribution is -2.48. The summed E-state index contributed by atoms with van der Waals surface area (Å²) in [6.45, 7) is 1.93. The molecule has 8 nitrogen and oxygen atoms in total. The van der Waals surface area contributed by atoms with Crippen LogP contribution in [0.4, 0.5) is 0 Å². The molecule has 8 heteroatoms. The smallest absolute Gasteiger partial charge is 0.307 e. The first-order valence-corrected chi connectivity index (χ1v) is 9.85. The van der Waals surface area contributed by atoms with Gasteiger partial charge in [0, 0.05) is 12.6 Å². The molecule has 0 aromatic carbocycles. The van der Waals surface area contributed by atoms with Crippen molar-refractivity contribution in [2.24, 2.45) is 23.7 Å². The molecule has 0 aromatic heterocycles. The van der Waals surface area contributed by atoms with Crippen molar-refractivity contribution in [1.82, 2.24) is 10.6 Å². The summed E-state index contributed by atoms with van der Waals surface area (Å²) >= 11 is 0. The van der Waals surface area contributed by atoms with Gasteiger partial charge < -0.3 is 20.8 Å². The normalized spacial score (nSPS) is 29.4. The largest absolute Gasteiger partial charge is 0.481 e. The zero-order valence-electron chi connectivity index (χ0n) is 15.8. The number of rotatable bonds is 7. The molecule has 0 spiro atoms. The Balaban J connectivity index is 1.83. The van der Waals surface area contributed by atoms with Crippen LogP contribution in [0.3, 0.4) is 0 Å². The van der Waals surface area contributed by atoms with Crippen molar-refractivity contribution in [1.29, 1.82) is 0 Å². The van der Waals surface area contributed by atoms with Crippen LogP contribution < -0.4 is 10.6 Å². The standard InChI is InChI=1S/C19H30N2O6/c1-11(21-17(23)13-7-3-5-9-15(13)19(26)27)10-20-16(22)12-6-2-4-8-14(12)18(24)25/h11-15H,2-10H2,1H3,(H,20,22)(H,21,23)(H,24,25)(H,26,27)/t11?,12-,13-,14+,15+/m1/s1. The van der Waals surface area contributed by atoms with E-state index in [4.69, 9.17) is 0 Å². The van der Waals surface area contributed by atoms with Crippen molar-refractivity contribution >= 4 is 23.8 Å². The zero-order valence-corrected chi connectivity index (χ0v) is 15.8. The molecule has 0 radical (unpaired) electrons. The highest BCUT2D eigenvalue weighted by atomic mass is 16.4. The average molecular weight is 382 g/mol. The highest BCUT2D eigenvalue weighted by Crippen LogP contribution is 2.31. The maximum atomic E-state index is 12.4. The zero-order chi connectivity index (χ0) is 20.0. The molecule has 27 heavy (non-hydrogen) atoms. The maximum Gasteiger partial charge on any atom is 0.307 e. The van der Waals surface area contributed by atoms with E-state index in [0.717, 1.165) is 25.7 Å². The first-order chi connectivity index (χ1) is 12.8. The van der Waals surface area contributed by atoms with E-state index in [0.29, 0.717) is 25.7 Å². The molecule has 5 atom stereocenters. The van der Waals surface area contributed by atoms with Gasteiger partial charge in [-0.1, -0.05) is 25.7 Å². The predicted molar refractivity (Wildman–Crippen MR) is 96.8 cm³/mol. The van der Waals surface area contributed by atoms with Crippen LogP contribution >= 0.6 is 0 Å². The molecule has 2 aliphatic rings. The highest BCUT2D eigenvalue weighted by Gasteiger charge is 2.37. The van der Waals surface area contributed by atoms with Crippen molar-refractivity contribution in [2.45, 2.75) is 64.3 Å². The lowest BCUT2D eigenvalue weighted by molar-refractivity contribution is -0.149. The van der Waals surface area contributed by atoms with Crippen LogP contribution in [0, 0.1) is 23.7 Å². The summed E-state index contributed by atoms with van der Waals surface area (Å²) in [6, 6.07) is -0.357. The molecule has 2 saturated carbocycles. The van der Waals surface area contributed by atoms with Gasteiger partial charge in [0.25, 0.3) is 0 Å². The molecule has 0 bridgehead atoms. The number of carbonyl (C=O) groups excluding carboxylic acids is 2. The Kier molecular flexibility index (Phi) is 7.62. The van der Waals surface area contributed by atoms with Crippen LogP contribution in [0.2, 0.25) is 0 Å². The summed E-state index contributed by atoms with van der Waals surface area (Å²) in [5.74, 6) is -4.82. The number of amides is 2. The van der Waals surface area contributed by atoms with E-state index in [2.05, 4.69) is 10.6 Å². The van der Waals surface area contributed by atoms with Crippen LogP contribution in [0.1, 0.15) is 58.3 Å². The minimum Gasteiger partial charge on any atom is -0.481 e. The van der Waals surface area contributed by atoms with Crippen LogP contribution in [0.25, 0.3) is 0 Å². The van der Waals surface area contributed by atoms with Gasteiger partial charge in [0.2, 0.25) is 11.8 Å². The first kappa shape index (κ1) is 21.2. The second-order valence-corrected chi connectivity index (χ2v) is 7.83. The third-order valence-corrected chi connectivity index (χ3v) is 5.81. The van der Waals surface area contributed by atoms with Gasteiger partial charge in [-0.3, -0.25) is 19.2 Å². The molecular formula is C19H30N2O6. The molecular weight excluding hydrogens is 352 g/mol. The van der Waals surface area contributed by atoms with E-state index in [1.165, 1.54) is 0 Å². The Hall–Kier alpha value is -2.12. The number of aliphatic carboxylic acids is 2. The van der Waals surface area contributed by atoms with E-state index in [-0.39, 0.29) is 24.4 Å². The van der Waals surface area contributed by atoms with Gasteiger partial charge in [0.1, 0.15) is 0 Å². The topological polar surface area (TPSA) is 133 Å². The molecule has 152 valence electrons. The van der Waals surface area contributed by atoms with Crippen molar-refractivity contribution in [3.63, 3.8) is 0 Å². The van der Waals surface area contributed by atoms with Crippen LogP contribution in [0.5, 0.6) is 0 Å². The minimum atomic E-state index is -0.937. The van der Waals surface area contributed by atoms with Gasteiger partial charge in [0.15, 0.2) is 0 Å². The Bertz CT molecular complexity index is 579. The molecule has 0 aliphatic heterocycles. The SMILES string of the molecule is CC(CNC(=O)[C@@H]1CCCC[C@@H]1C(=O)O)NC(=O)[C@@H]1CCCC[C@@H]1C(=O)O. The Morgan fingerprint density at radius 3 is 1.63 bits per heavy atom. The van der Waals surface area contributed by atoms with Crippen LogP contribution in [-0.4, -0.2) is 46.6 Å². The number of hydrogen-bond acceptors (Lipinski definition) is 4. The average Bonchev–Trinajstić information content (AvgIpc) is 2.65. The third-order valence-electron chi connectivity index (χ3n) is 5.81. The van der Waals surface area contributed by atoms with E-state index in [9.17, 15) is 29.4 Å². The molecule has 2 rings (SSSR count). The van der Waals surface area contributed by atoms with Crippen molar-refractivity contribution in [3.8, 4) is 0 Å². The summed E-state index contributed by atoms with van der Waals surface area (Å²) in [5, 5.41) is 24.1. The van der Waals surface area contributed by atoms with Crippen molar-refractivity contribution < 1.29 is 29.4 Å². The Morgan fingerprint density at radius 1 is 0.778 bits per heavy atom. The van der Waals surface area contributed by atoms with Crippen molar-refractivity contribution in [2.75, 3.05) is 6.54 Å². The highest BCUT2D eigenvalue weighted by molar-refractivity contribution is 5.86. The first-order valence-electron chi connectivity index (χ1n) is 9.85. The molecule has 1 unspecified atom stereocenters. The number of nitrogens with one attached hydrogen (secondary N) is 2. The number of carboxylic acids is 2. The summed E-state index contributed by atoms with van der Waals surface area (Å²) in [6.07, 6.45) is 5.46. The van der Waals surface area contributed by atoms with Gasteiger partial charge in [-0.05, 0) is 32.6 Å². The predicted octanol–water partition coefficient (Wildman–Crippen LogP) is 1.39. The van der Waals surface area contributed by atoms with Gasteiger partial charge >= 0.3 is 11.9 Å². The number of hydrogen-bond donors (Lipinski definition) is 4. The Morgan fingerprint density at radius 2 is 1.19 bits per heavy atom. The fourth-order valence-electron chi connectivity index (χ4n) is 4.27. The van der Waals surface area contributed by atoms with Crippen LogP contribution in [0.15, 0.2) is 0 Å². The molecule has 0 saturated heterocycles. The van der Waals surface area contributed by atoms with Crippen LogP contribution in [-0.2, 0) is 19.2 Å². The lowest BCUT2D eigenvalue weighted by Gasteiger charge is -2.30. The Labute approximate surface area is 159 Å². The van der Waals surface area contributed by atoms with Gasteiger partial charge in [0.05, 0.1) is 23.7 Å². The molecule has 4 N–H and O–H groups in total. The monoisotopic (exact) mass is 382 g/mol. The second-order valence-electron chi connectivity index (χ2n) is 7.83. The third kappa shape index (κ3) is 5.68. The summed E-state index contributed by atoms with van der Waals surface area (Å²) < 4.78 is 0. The minimum absolute atomic E-state index is 0.192. The van der Waals surface area contributed by atoms with Crippen molar-refractivity contribution in [3.05, 3.63) is 0 Å². The molecule has 2 amide bonds. The molecule has 2 fully saturated rings. The number of carboxylic acid groups (broad SMARTS) is 2. The summed E-state index contributed by atoms with van der Waals surface area (Å²) in [4.78, 5) is 47.5. The second kappa shape index (κ2) is 9.71. The van der Waals surface area contributed by atoms with Gasteiger partial charge in [-0.25, -0.2) is 0 Å². The fourth-order valence-corrected chi connectivity index (χ4v) is 4.27. The molecule has 0 aromatic rings. The number of carbonyl (C=O) groups is 4.